The smallest absolute Gasteiger partial charge is 0.418 e. The number of hydrogen-bond acceptors (Lipinski definition) is 5. The fourth-order valence-electron chi connectivity index (χ4n) is 4.04. The number of ether oxygens (including phenoxy) is 2. The van der Waals surface area contributed by atoms with Crippen LogP contribution in [0.4, 0.5) is 27.8 Å². The van der Waals surface area contributed by atoms with Gasteiger partial charge in [0.1, 0.15) is 23.9 Å². The van der Waals surface area contributed by atoms with Gasteiger partial charge in [-0.2, -0.15) is 13.2 Å². The highest BCUT2D eigenvalue weighted by Crippen LogP contribution is 2.36. The molecule has 11 heteroatoms. The Kier molecular flexibility index (Phi) is 6.44. The Labute approximate surface area is 203 Å². The molecule has 6 nitrogen and oxygen atoms in total. The van der Waals surface area contributed by atoms with Crippen LogP contribution in [0, 0.1) is 11.6 Å². The highest BCUT2D eigenvalue weighted by atomic mass is 19.4. The Bertz CT molecular complexity index is 1350. The van der Waals surface area contributed by atoms with Crippen LogP contribution in [-0.4, -0.2) is 22.1 Å². The quantitative estimate of drug-likeness (QED) is 0.399. The fraction of sp³-hybridized carbons (Fsp3) is 0.360. The Balaban J connectivity index is 1.57. The number of halogens is 5. The first-order valence-corrected chi connectivity index (χ1v) is 11.1. The number of fused-ring (bicyclic) bond motifs is 1. The topological polar surface area (TPSA) is 56.6 Å². The van der Waals surface area contributed by atoms with Crippen molar-refractivity contribution in [3.63, 3.8) is 0 Å². The molecule has 0 fully saturated rings. The fourth-order valence-corrected chi connectivity index (χ4v) is 4.04. The number of nitrogens with zero attached hydrogens (tertiary/aromatic N) is 3. The Morgan fingerprint density at radius 3 is 2.36 bits per heavy atom. The zero-order valence-corrected chi connectivity index (χ0v) is 20.0. The Hall–Kier alpha value is -3.63. The number of hydrogen-bond donors (Lipinski definition) is 0. The van der Waals surface area contributed by atoms with Crippen LogP contribution in [0.15, 0.2) is 41.5 Å². The SMILES string of the molecule is CCc1c(OCc2cc(F)c(Oc3cncc(C(F)(F)F)c3)c(F)c2)cc2n(c1=O)CC(C)(C)N2C. The van der Waals surface area contributed by atoms with Crippen LogP contribution in [-0.2, 0) is 25.7 Å². The highest BCUT2D eigenvalue weighted by Gasteiger charge is 2.35. The standard InChI is InChI=1S/C25H24F5N3O3/c1-5-17-20(9-21-32(4)24(2,3)13-33(21)23(17)34)35-12-14-6-18(26)22(19(27)7-14)36-16-8-15(10-31-11-16)25(28,29)30/h6-11H,5,12-13H2,1-4H3. The van der Waals surface area contributed by atoms with Crippen molar-refractivity contribution < 1.29 is 31.4 Å². The lowest BCUT2D eigenvalue weighted by atomic mass is 10.1. The first kappa shape index (κ1) is 25.5. The third-order valence-corrected chi connectivity index (χ3v) is 6.20. The van der Waals surface area contributed by atoms with Gasteiger partial charge in [-0.3, -0.25) is 14.3 Å². The van der Waals surface area contributed by atoms with Gasteiger partial charge in [-0.1, -0.05) is 6.92 Å². The van der Waals surface area contributed by atoms with Gasteiger partial charge in [0.2, 0.25) is 0 Å². The van der Waals surface area contributed by atoms with Gasteiger partial charge in [0.05, 0.1) is 29.4 Å². The summed E-state index contributed by atoms with van der Waals surface area (Å²) in [6.45, 7) is 6.10. The number of alkyl halides is 3. The monoisotopic (exact) mass is 509 g/mol. The molecule has 0 atom stereocenters. The van der Waals surface area contributed by atoms with Gasteiger partial charge in [0.25, 0.3) is 5.56 Å². The summed E-state index contributed by atoms with van der Waals surface area (Å²) in [5.74, 6) is -2.60. The highest BCUT2D eigenvalue weighted by molar-refractivity contribution is 5.53. The number of rotatable bonds is 6. The van der Waals surface area contributed by atoms with Crippen LogP contribution < -0.4 is 19.9 Å². The van der Waals surface area contributed by atoms with E-state index in [0.717, 1.165) is 18.3 Å². The minimum atomic E-state index is -4.69. The Morgan fingerprint density at radius 2 is 1.75 bits per heavy atom. The number of aromatic nitrogens is 2. The van der Waals surface area contributed by atoms with E-state index in [1.165, 1.54) is 0 Å². The van der Waals surface area contributed by atoms with E-state index in [1.54, 1.807) is 10.6 Å². The van der Waals surface area contributed by atoms with E-state index in [1.807, 2.05) is 32.7 Å². The average molecular weight is 509 g/mol. The van der Waals surface area contributed by atoms with E-state index in [0.29, 0.717) is 42.4 Å². The molecule has 0 radical (unpaired) electrons. The van der Waals surface area contributed by atoms with Crippen LogP contribution in [0.3, 0.4) is 0 Å². The summed E-state index contributed by atoms with van der Waals surface area (Å²) in [7, 11) is 1.87. The van der Waals surface area contributed by atoms with Gasteiger partial charge in [0.15, 0.2) is 17.4 Å². The van der Waals surface area contributed by atoms with Crippen molar-refractivity contribution in [2.24, 2.45) is 0 Å². The van der Waals surface area contributed by atoms with E-state index in [4.69, 9.17) is 9.47 Å². The van der Waals surface area contributed by atoms with E-state index in [-0.39, 0.29) is 23.3 Å². The molecule has 0 bridgehead atoms. The van der Waals surface area contributed by atoms with Gasteiger partial charge in [-0.05, 0) is 44.0 Å². The zero-order valence-electron chi connectivity index (χ0n) is 20.0. The third kappa shape index (κ3) is 4.74. The minimum absolute atomic E-state index is 0.107. The molecule has 0 amide bonds. The second kappa shape index (κ2) is 9.11. The summed E-state index contributed by atoms with van der Waals surface area (Å²) in [6.07, 6.45) is -2.79. The largest absolute Gasteiger partial charge is 0.488 e. The molecule has 36 heavy (non-hydrogen) atoms. The van der Waals surface area contributed by atoms with Crippen LogP contribution in [0.1, 0.15) is 37.5 Å². The van der Waals surface area contributed by atoms with Crippen molar-refractivity contribution in [1.29, 1.82) is 0 Å². The molecule has 0 spiro atoms. The van der Waals surface area contributed by atoms with Crippen molar-refractivity contribution in [3.8, 4) is 17.2 Å². The molecular weight excluding hydrogens is 485 g/mol. The van der Waals surface area contributed by atoms with Gasteiger partial charge >= 0.3 is 6.18 Å². The minimum Gasteiger partial charge on any atom is -0.488 e. The molecule has 2 aromatic heterocycles. The van der Waals surface area contributed by atoms with E-state index in [2.05, 4.69) is 4.98 Å². The molecule has 0 saturated heterocycles. The van der Waals surface area contributed by atoms with E-state index in [9.17, 15) is 26.7 Å². The molecule has 1 aliphatic heterocycles. The summed E-state index contributed by atoms with van der Waals surface area (Å²) >= 11 is 0. The molecule has 0 unspecified atom stereocenters. The van der Waals surface area contributed by atoms with Crippen LogP contribution in [0.2, 0.25) is 0 Å². The first-order valence-electron chi connectivity index (χ1n) is 11.1. The summed E-state index contributed by atoms with van der Waals surface area (Å²) in [5, 5.41) is 0. The molecule has 192 valence electrons. The van der Waals surface area contributed by atoms with Crippen molar-refractivity contribution in [2.75, 3.05) is 11.9 Å². The lowest BCUT2D eigenvalue weighted by molar-refractivity contribution is -0.137. The second-order valence-electron chi connectivity index (χ2n) is 9.15. The summed E-state index contributed by atoms with van der Waals surface area (Å²) in [5.41, 5.74) is -1.01. The second-order valence-corrected chi connectivity index (χ2v) is 9.15. The predicted octanol–water partition coefficient (Wildman–Crippen LogP) is 5.70. The van der Waals surface area contributed by atoms with Gasteiger partial charge < -0.3 is 14.4 Å². The Morgan fingerprint density at radius 1 is 1.08 bits per heavy atom. The lowest BCUT2D eigenvalue weighted by Gasteiger charge is -2.28. The van der Waals surface area contributed by atoms with E-state index >= 15 is 0 Å². The number of pyridine rings is 2. The lowest BCUT2D eigenvalue weighted by Crippen LogP contribution is -2.38. The molecule has 1 aliphatic rings. The molecule has 0 saturated carbocycles. The molecule has 4 rings (SSSR count). The maximum Gasteiger partial charge on any atom is 0.418 e. The van der Waals surface area contributed by atoms with Crippen molar-refractivity contribution >= 4 is 5.82 Å². The zero-order chi connectivity index (χ0) is 26.4. The van der Waals surface area contributed by atoms with Crippen LogP contribution in [0.25, 0.3) is 0 Å². The molecule has 0 aliphatic carbocycles. The molecule has 3 aromatic rings. The average Bonchev–Trinajstić information content (AvgIpc) is 3.03. The normalized spacial score (nSPS) is 14.6. The maximum absolute atomic E-state index is 14.7. The molecule has 3 heterocycles. The van der Waals surface area contributed by atoms with Crippen LogP contribution >= 0.6 is 0 Å². The van der Waals surface area contributed by atoms with Crippen molar-refractivity contribution in [2.45, 2.75) is 52.1 Å². The summed E-state index contributed by atoms with van der Waals surface area (Å²) in [6, 6.07) is 4.25. The third-order valence-electron chi connectivity index (χ3n) is 6.20. The van der Waals surface area contributed by atoms with Crippen LogP contribution in [0.5, 0.6) is 17.2 Å². The number of benzene rings is 1. The van der Waals surface area contributed by atoms with Gasteiger partial charge in [0, 0.05) is 19.3 Å². The molecule has 0 N–H and O–H groups in total. The molecular formula is C25H24F5N3O3. The summed E-state index contributed by atoms with van der Waals surface area (Å²) < 4.78 is 80.5. The van der Waals surface area contributed by atoms with E-state index < -0.39 is 34.9 Å². The number of anilines is 1. The van der Waals surface area contributed by atoms with Gasteiger partial charge in [-0.25, -0.2) is 8.78 Å². The predicted molar refractivity (Wildman–Crippen MR) is 123 cm³/mol. The van der Waals surface area contributed by atoms with Gasteiger partial charge in [-0.15, -0.1) is 0 Å². The maximum atomic E-state index is 14.7. The summed E-state index contributed by atoms with van der Waals surface area (Å²) in [4.78, 5) is 18.4. The van der Waals surface area contributed by atoms with Crippen molar-refractivity contribution in [1.82, 2.24) is 9.55 Å². The molecule has 1 aromatic carbocycles. The number of likely N-dealkylation sites (N-methyl/N-ethyl adjacent to an activating group) is 1. The van der Waals surface area contributed by atoms with Crippen molar-refractivity contribution in [3.05, 3.63) is 75.3 Å². The first-order chi connectivity index (χ1) is 16.8.